The van der Waals surface area contributed by atoms with Crippen LogP contribution in [0.5, 0.6) is 0 Å². The molecule has 4 unspecified atom stereocenters. The Kier molecular flexibility index (Phi) is 27.7. The molecule has 0 rings (SSSR count). The minimum atomic E-state index is -1.53. The van der Waals surface area contributed by atoms with Crippen LogP contribution in [0.3, 0.4) is 0 Å². The summed E-state index contributed by atoms with van der Waals surface area (Å²) in [6, 6.07) is 0. The van der Waals surface area contributed by atoms with Gasteiger partial charge < -0.3 is 20.4 Å². The lowest BCUT2D eigenvalue weighted by atomic mass is 10.5. The van der Waals surface area contributed by atoms with Gasteiger partial charge in [-0.1, -0.05) is 139 Å². The highest BCUT2D eigenvalue weighted by Crippen LogP contribution is 2.31. The molecule has 0 aliphatic carbocycles. The number of rotatable bonds is 0. The van der Waals surface area contributed by atoms with Crippen molar-refractivity contribution in [2.45, 2.75) is 67.3 Å². The van der Waals surface area contributed by atoms with Gasteiger partial charge in [-0.15, -0.1) is 0 Å². The largest absolute Gasteiger partial charge is 0.389 e. The standard InChI is InChI=1S/4C3H5Cl3O.H4Si/c4*1-2(7)3(4,5)6;/h4*2,7H,1H3;1H4. The molecule has 0 amide bonds. The summed E-state index contributed by atoms with van der Waals surface area (Å²) >= 11 is 61.8. The Hall–Kier alpha value is 3.54. The molecule has 0 spiro atoms. The molecule has 29 heavy (non-hydrogen) atoms. The molecular formula is C12H24Cl12O4Si. The van der Waals surface area contributed by atoms with Crippen LogP contribution in [0, 0.1) is 0 Å². The molecule has 0 aliphatic rings. The number of alkyl halides is 12. The fraction of sp³-hybridized carbons (Fsp3) is 1.00. The van der Waals surface area contributed by atoms with Gasteiger partial charge in [0.1, 0.15) is 0 Å². The first-order chi connectivity index (χ1) is 11.8. The maximum Gasteiger partial charge on any atom is 0.215 e. The Morgan fingerprint density at radius 1 is 0.379 bits per heavy atom. The van der Waals surface area contributed by atoms with E-state index < -0.39 is 39.6 Å². The predicted molar refractivity (Wildman–Crippen MR) is 139 cm³/mol. The van der Waals surface area contributed by atoms with E-state index in [2.05, 4.69) is 0 Å². The van der Waals surface area contributed by atoms with Gasteiger partial charge in [0.2, 0.25) is 15.2 Å². The van der Waals surface area contributed by atoms with E-state index in [1.807, 2.05) is 0 Å². The van der Waals surface area contributed by atoms with Crippen LogP contribution in [-0.4, -0.2) is 71.0 Å². The maximum absolute atomic E-state index is 8.49. The zero-order chi connectivity index (χ0) is 24.3. The average Bonchev–Trinajstić information content (AvgIpc) is 2.35. The van der Waals surface area contributed by atoms with Gasteiger partial charge in [-0.25, -0.2) is 0 Å². The number of halogens is 12. The second-order valence-corrected chi connectivity index (χ2v) is 14.3. The van der Waals surface area contributed by atoms with E-state index in [4.69, 9.17) is 160 Å². The number of hydrogen-bond acceptors (Lipinski definition) is 4. The first-order valence-electron chi connectivity index (χ1n) is 6.76. The van der Waals surface area contributed by atoms with Crippen molar-refractivity contribution in [3.8, 4) is 0 Å². The zero-order valence-electron chi connectivity index (χ0n) is 14.6. The van der Waals surface area contributed by atoms with E-state index in [1.165, 1.54) is 27.7 Å². The Balaban J connectivity index is -0.0000000873. The molecule has 0 aromatic carbocycles. The van der Waals surface area contributed by atoms with Crippen molar-refractivity contribution in [3.05, 3.63) is 0 Å². The molecule has 17 heteroatoms. The molecule has 4 N–H and O–H groups in total. The topological polar surface area (TPSA) is 80.9 Å². The average molecular weight is 686 g/mol. The third-order valence-electron chi connectivity index (χ3n) is 1.89. The molecule has 0 aromatic heterocycles. The van der Waals surface area contributed by atoms with Gasteiger partial charge in [0, 0.05) is 0 Å². The SMILES string of the molecule is CC(O)C(Cl)(Cl)Cl.CC(O)C(Cl)(Cl)Cl.CC(O)C(Cl)(Cl)Cl.CC(O)C(Cl)(Cl)Cl.[SiH4]. The minimum Gasteiger partial charge on any atom is -0.389 e. The molecule has 4 atom stereocenters. The summed E-state index contributed by atoms with van der Waals surface area (Å²) < 4.78 is -6.11. The van der Waals surface area contributed by atoms with Gasteiger partial charge in [-0.05, 0) is 38.7 Å². The van der Waals surface area contributed by atoms with Crippen molar-refractivity contribution < 1.29 is 20.4 Å². The van der Waals surface area contributed by atoms with Crippen molar-refractivity contribution in [3.63, 3.8) is 0 Å². The van der Waals surface area contributed by atoms with E-state index in [9.17, 15) is 0 Å². The molecular weight excluding hydrogens is 662 g/mol. The molecule has 0 fully saturated rings. The van der Waals surface area contributed by atoms with E-state index >= 15 is 0 Å². The predicted octanol–water partition coefficient (Wildman–Crippen LogP) is 5.50. The van der Waals surface area contributed by atoms with Crippen molar-refractivity contribution in [1.29, 1.82) is 0 Å². The third-order valence-corrected chi connectivity index (χ3v) is 5.68. The molecule has 4 nitrogen and oxygen atoms in total. The summed E-state index contributed by atoms with van der Waals surface area (Å²) in [5.41, 5.74) is 0. The smallest absolute Gasteiger partial charge is 0.215 e. The van der Waals surface area contributed by atoms with Crippen molar-refractivity contribution >= 4 is 150 Å². The quantitative estimate of drug-likeness (QED) is 0.201. The van der Waals surface area contributed by atoms with Gasteiger partial charge >= 0.3 is 0 Å². The van der Waals surface area contributed by atoms with Crippen LogP contribution in [0.4, 0.5) is 0 Å². The van der Waals surface area contributed by atoms with E-state index in [0.29, 0.717) is 0 Å². The lowest BCUT2D eigenvalue weighted by Gasteiger charge is -2.12. The maximum atomic E-state index is 8.49. The van der Waals surface area contributed by atoms with Crippen LogP contribution in [0.2, 0.25) is 0 Å². The number of aliphatic hydroxyl groups is 4. The second-order valence-electron chi connectivity index (χ2n) is 4.87. The normalized spacial score (nSPS) is 16.1. The second kappa shape index (κ2) is 18.8. The van der Waals surface area contributed by atoms with E-state index in [-0.39, 0.29) is 11.0 Å². The lowest BCUT2D eigenvalue weighted by molar-refractivity contribution is 0.199. The van der Waals surface area contributed by atoms with Gasteiger partial charge in [-0.3, -0.25) is 0 Å². The minimum absolute atomic E-state index is 0. The highest BCUT2D eigenvalue weighted by Gasteiger charge is 2.27. The highest BCUT2D eigenvalue weighted by atomic mass is 35.6. The van der Waals surface area contributed by atoms with Crippen LogP contribution in [0.15, 0.2) is 0 Å². The summed E-state index contributed by atoms with van der Waals surface area (Å²) in [6.07, 6.45) is -3.62. The Bertz CT molecular complexity index is 301. The molecule has 184 valence electrons. The Morgan fingerprint density at radius 3 is 0.414 bits per heavy atom. The monoisotopic (exact) mass is 680 g/mol. The number of aliphatic hydroxyl groups excluding tert-OH is 4. The van der Waals surface area contributed by atoms with Crippen LogP contribution in [0.25, 0.3) is 0 Å². The summed E-state index contributed by atoms with van der Waals surface area (Å²) in [5.74, 6) is 0. The highest BCUT2D eigenvalue weighted by molar-refractivity contribution is 6.69. The van der Waals surface area contributed by atoms with Crippen molar-refractivity contribution in [2.75, 3.05) is 0 Å². The Labute approximate surface area is 235 Å². The third kappa shape index (κ3) is 36.3. The zero-order valence-corrected chi connectivity index (χ0v) is 23.7. The van der Waals surface area contributed by atoms with E-state index in [0.717, 1.165) is 0 Å². The van der Waals surface area contributed by atoms with Crippen molar-refractivity contribution in [2.24, 2.45) is 0 Å². The fourth-order valence-electron chi connectivity index (χ4n) is 0. The van der Waals surface area contributed by atoms with Gasteiger partial charge in [0.25, 0.3) is 0 Å². The van der Waals surface area contributed by atoms with Gasteiger partial charge in [0.05, 0.1) is 24.4 Å². The number of hydrogen-bond donors (Lipinski definition) is 4. The van der Waals surface area contributed by atoms with Gasteiger partial charge in [-0.2, -0.15) is 0 Å². The summed E-state index contributed by atoms with van der Waals surface area (Å²) in [4.78, 5) is 0. The summed E-state index contributed by atoms with van der Waals surface area (Å²) in [5, 5.41) is 34.0. The molecule has 0 heterocycles. The van der Waals surface area contributed by atoms with Crippen LogP contribution in [0.1, 0.15) is 27.7 Å². The summed E-state index contributed by atoms with van der Waals surface area (Å²) in [6.45, 7) is 5.64. The molecule has 0 aromatic rings. The molecule has 0 radical (unpaired) electrons. The first-order valence-corrected chi connectivity index (χ1v) is 11.3. The van der Waals surface area contributed by atoms with Crippen LogP contribution < -0.4 is 0 Å². The van der Waals surface area contributed by atoms with E-state index in [1.54, 1.807) is 0 Å². The van der Waals surface area contributed by atoms with Crippen molar-refractivity contribution in [1.82, 2.24) is 0 Å². The molecule has 0 aliphatic heterocycles. The molecule has 0 bridgehead atoms. The van der Waals surface area contributed by atoms with Crippen LogP contribution >= 0.6 is 139 Å². The lowest BCUT2D eigenvalue weighted by Crippen LogP contribution is -2.20. The van der Waals surface area contributed by atoms with Gasteiger partial charge in [0.15, 0.2) is 0 Å². The molecule has 0 saturated heterocycles. The molecule has 0 saturated carbocycles. The fourth-order valence-corrected chi connectivity index (χ4v) is 0. The Morgan fingerprint density at radius 2 is 0.414 bits per heavy atom. The van der Waals surface area contributed by atoms with Crippen LogP contribution in [-0.2, 0) is 0 Å². The first kappa shape index (κ1) is 42.7. The summed E-state index contributed by atoms with van der Waals surface area (Å²) in [7, 11) is 0.